The summed E-state index contributed by atoms with van der Waals surface area (Å²) in [6.45, 7) is 1.40. The molecule has 0 radical (unpaired) electrons. The van der Waals surface area contributed by atoms with E-state index < -0.39 is 6.10 Å². The van der Waals surface area contributed by atoms with Crippen LogP contribution in [-0.2, 0) is 9.53 Å². The molecule has 1 unspecified atom stereocenters. The Morgan fingerprint density at radius 2 is 2.57 bits per heavy atom. The number of aliphatic hydroxyl groups excluding tert-OH is 1. The molecule has 0 bridgehead atoms. The smallest absolute Gasteiger partial charge is 0.237 e. The number of ether oxygens (including phenoxy) is 1. The summed E-state index contributed by atoms with van der Waals surface area (Å²) in [5.74, 6) is -0.0300. The quantitative estimate of drug-likeness (QED) is 0.527. The molecule has 1 amide bonds. The van der Waals surface area contributed by atoms with Gasteiger partial charge in [0.15, 0.2) is 0 Å². The van der Waals surface area contributed by atoms with Crippen LogP contribution in [0.15, 0.2) is 0 Å². The standard InChI is InChI=1S/C9H18N2O3/c1-14-6-7(12)5-11-9(13)8-3-2-4-10-8/h7-8,10,12H,2-6H2,1H3,(H,11,13)/t7?,8-/m0/s1. The Hall–Kier alpha value is -0.650. The molecule has 2 atom stereocenters. The molecule has 0 aromatic rings. The molecule has 5 heteroatoms. The second kappa shape index (κ2) is 5.95. The first-order valence-electron chi connectivity index (χ1n) is 4.92. The van der Waals surface area contributed by atoms with Crippen molar-refractivity contribution in [2.24, 2.45) is 0 Å². The summed E-state index contributed by atoms with van der Waals surface area (Å²) in [5, 5.41) is 15.0. The maximum atomic E-state index is 11.4. The lowest BCUT2D eigenvalue weighted by molar-refractivity contribution is -0.123. The van der Waals surface area contributed by atoms with E-state index in [4.69, 9.17) is 4.74 Å². The molecule has 1 aliphatic rings. The highest BCUT2D eigenvalue weighted by molar-refractivity contribution is 5.81. The van der Waals surface area contributed by atoms with Crippen LogP contribution in [0.2, 0.25) is 0 Å². The van der Waals surface area contributed by atoms with Crippen LogP contribution in [0.1, 0.15) is 12.8 Å². The predicted octanol–water partition coefficient (Wildman–Crippen LogP) is -1.14. The average molecular weight is 202 g/mol. The van der Waals surface area contributed by atoms with Crippen molar-refractivity contribution in [3.8, 4) is 0 Å². The highest BCUT2D eigenvalue weighted by Gasteiger charge is 2.21. The van der Waals surface area contributed by atoms with Gasteiger partial charge in [0.25, 0.3) is 0 Å². The third kappa shape index (κ3) is 3.61. The molecule has 0 aliphatic carbocycles. The molecule has 1 aliphatic heterocycles. The monoisotopic (exact) mass is 202 g/mol. The van der Waals surface area contributed by atoms with Crippen LogP contribution in [0.3, 0.4) is 0 Å². The number of aliphatic hydroxyl groups is 1. The lowest BCUT2D eigenvalue weighted by Crippen LogP contribution is -2.43. The zero-order chi connectivity index (χ0) is 10.4. The van der Waals surface area contributed by atoms with E-state index in [1.807, 2.05) is 0 Å². The first-order chi connectivity index (χ1) is 6.74. The van der Waals surface area contributed by atoms with E-state index in [0.29, 0.717) is 0 Å². The summed E-state index contributed by atoms with van der Waals surface area (Å²) in [5.41, 5.74) is 0. The highest BCUT2D eigenvalue weighted by atomic mass is 16.5. The van der Waals surface area contributed by atoms with Gasteiger partial charge in [-0.2, -0.15) is 0 Å². The van der Waals surface area contributed by atoms with Gasteiger partial charge in [-0.1, -0.05) is 0 Å². The van der Waals surface area contributed by atoms with E-state index in [1.165, 1.54) is 7.11 Å². The summed E-state index contributed by atoms with van der Waals surface area (Å²) in [4.78, 5) is 11.4. The summed E-state index contributed by atoms with van der Waals surface area (Å²) in [6.07, 6.45) is 1.30. The van der Waals surface area contributed by atoms with Gasteiger partial charge in [0.2, 0.25) is 5.91 Å². The summed E-state index contributed by atoms with van der Waals surface area (Å²) >= 11 is 0. The van der Waals surface area contributed by atoms with Crippen molar-refractivity contribution < 1.29 is 14.6 Å². The lowest BCUT2D eigenvalue weighted by atomic mass is 10.2. The Morgan fingerprint density at radius 3 is 3.14 bits per heavy atom. The van der Waals surface area contributed by atoms with E-state index in [9.17, 15) is 9.90 Å². The zero-order valence-corrected chi connectivity index (χ0v) is 8.45. The topological polar surface area (TPSA) is 70.6 Å². The summed E-state index contributed by atoms with van der Waals surface area (Å²) < 4.78 is 4.74. The van der Waals surface area contributed by atoms with Crippen LogP contribution >= 0.6 is 0 Å². The fraction of sp³-hybridized carbons (Fsp3) is 0.889. The number of rotatable bonds is 5. The number of hydrogen-bond acceptors (Lipinski definition) is 4. The Balaban J connectivity index is 2.13. The Labute approximate surface area is 83.8 Å². The van der Waals surface area contributed by atoms with Gasteiger partial charge in [0.1, 0.15) is 0 Å². The highest BCUT2D eigenvalue weighted by Crippen LogP contribution is 2.04. The van der Waals surface area contributed by atoms with Crippen molar-refractivity contribution in [1.82, 2.24) is 10.6 Å². The van der Waals surface area contributed by atoms with Crippen LogP contribution in [0.25, 0.3) is 0 Å². The van der Waals surface area contributed by atoms with Crippen LogP contribution in [0.4, 0.5) is 0 Å². The van der Waals surface area contributed by atoms with Gasteiger partial charge in [-0.3, -0.25) is 4.79 Å². The second-order valence-corrected chi connectivity index (χ2v) is 3.50. The normalized spacial score (nSPS) is 23.4. The van der Waals surface area contributed by atoms with E-state index >= 15 is 0 Å². The average Bonchev–Trinajstić information content (AvgIpc) is 2.67. The zero-order valence-electron chi connectivity index (χ0n) is 8.45. The van der Waals surface area contributed by atoms with Crippen LogP contribution in [0.5, 0.6) is 0 Å². The first kappa shape index (κ1) is 11.4. The van der Waals surface area contributed by atoms with Crippen molar-refractivity contribution in [2.75, 3.05) is 26.8 Å². The number of amides is 1. The second-order valence-electron chi connectivity index (χ2n) is 3.50. The minimum atomic E-state index is -0.620. The molecule has 0 aromatic heterocycles. The maximum Gasteiger partial charge on any atom is 0.237 e. The Morgan fingerprint density at radius 1 is 1.79 bits per heavy atom. The molecule has 0 aromatic carbocycles. The number of carbonyl (C=O) groups excluding carboxylic acids is 1. The molecular formula is C9H18N2O3. The van der Waals surface area contributed by atoms with Gasteiger partial charge in [0, 0.05) is 13.7 Å². The van der Waals surface area contributed by atoms with Gasteiger partial charge in [-0.15, -0.1) is 0 Å². The van der Waals surface area contributed by atoms with Crippen molar-refractivity contribution in [3.63, 3.8) is 0 Å². The summed E-state index contributed by atoms with van der Waals surface area (Å²) in [6, 6.07) is -0.0789. The first-order valence-corrected chi connectivity index (χ1v) is 4.92. The minimum Gasteiger partial charge on any atom is -0.389 e. The molecule has 1 saturated heterocycles. The van der Waals surface area contributed by atoms with Crippen molar-refractivity contribution in [3.05, 3.63) is 0 Å². The van der Waals surface area contributed by atoms with Crippen molar-refractivity contribution in [2.45, 2.75) is 25.0 Å². The van der Waals surface area contributed by atoms with E-state index in [0.717, 1.165) is 19.4 Å². The van der Waals surface area contributed by atoms with E-state index in [-0.39, 0.29) is 25.1 Å². The van der Waals surface area contributed by atoms with E-state index in [2.05, 4.69) is 10.6 Å². The van der Waals surface area contributed by atoms with Crippen LogP contribution < -0.4 is 10.6 Å². The van der Waals surface area contributed by atoms with Gasteiger partial charge in [-0.25, -0.2) is 0 Å². The molecule has 5 nitrogen and oxygen atoms in total. The molecule has 0 spiro atoms. The molecule has 3 N–H and O–H groups in total. The SMILES string of the molecule is COCC(O)CNC(=O)[C@@H]1CCCN1. The van der Waals surface area contributed by atoms with Gasteiger partial charge in [0.05, 0.1) is 18.8 Å². The third-order valence-electron chi connectivity index (χ3n) is 2.25. The molecule has 82 valence electrons. The fourth-order valence-corrected chi connectivity index (χ4v) is 1.50. The Kier molecular flexibility index (Phi) is 4.86. The lowest BCUT2D eigenvalue weighted by Gasteiger charge is -2.13. The van der Waals surface area contributed by atoms with Crippen LogP contribution in [-0.4, -0.2) is 50.0 Å². The molecule has 14 heavy (non-hydrogen) atoms. The maximum absolute atomic E-state index is 11.4. The predicted molar refractivity (Wildman–Crippen MR) is 51.9 cm³/mol. The molecule has 1 heterocycles. The largest absolute Gasteiger partial charge is 0.389 e. The van der Waals surface area contributed by atoms with Gasteiger partial charge < -0.3 is 20.5 Å². The molecule has 1 rings (SSSR count). The summed E-state index contributed by atoms with van der Waals surface area (Å²) in [7, 11) is 1.52. The number of methoxy groups -OCH3 is 1. The van der Waals surface area contributed by atoms with Gasteiger partial charge in [-0.05, 0) is 19.4 Å². The molecular weight excluding hydrogens is 184 g/mol. The molecule has 0 saturated carbocycles. The van der Waals surface area contributed by atoms with Crippen molar-refractivity contribution >= 4 is 5.91 Å². The fourth-order valence-electron chi connectivity index (χ4n) is 1.50. The minimum absolute atomic E-state index is 0.0300. The number of nitrogens with one attached hydrogen (secondary N) is 2. The van der Waals surface area contributed by atoms with Crippen molar-refractivity contribution in [1.29, 1.82) is 0 Å². The third-order valence-corrected chi connectivity index (χ3v) is 2.25. The number of hydrogen-bond donors (Lipinski definition) is 3. The molecule has 1 fully saturated rings. The van der Waals surface area contributed by atoms with E-state index in [1.54, 1.807) is 0 Å². The number of carbonyl (C=O) groups is 1. The van der Waals surface area contributed by atoms with Gasteiger partial charge >= 0.3 is 0 Å². The van der Waals surface area contributed by atoms with Crippen LogP contribution in [0, 0.1) is 0 Å². The Bertz CT molecular complexity index is 181.